The summed E-state index contributed by atoms with van der Waals surface area (Å²) < 4.78 is 29.1. The van der Waals surface area contributed by atoms with E-state index in [0.29, 0.717) is 11.6 Å². The Bertz CT molecular complexity index is 1190. The van der Waals surface area contributed by atoms with Gasteiger partial charge in [0, 0.05) is 66.8 Å². The minimum atomic E-state index is -2.69. The topological polar surface area (TPSA) is 47.8 Å². The van der Waals surface area contributed by atoms with Crippen LogP contribution in [0.15, 0.2) is 48.7 Å². The van der Waals surface area contributed by atoms with Gasteiger partial charge in [0.2, 0.25) is 0 Å². The van der Waals surface area contributed by atoms with Gasteiger partial charge in [0.25, 0.3) is 6.43 Å². The van der Waals surface area contributed by atoms with Crippen molar-refractivity contribution in [3.8, 4) is 11.1 Å². The Kier molecular flexibility index (Phi) is 7.98. The van der Waals surface area contributed by atoms with Gasteiger partial charge in [-0.1, -0.05) is 36.7 Å². The molecule has 0 radical (unpaired) electrons. The fraction of sp³-hybridized carbons (Fsp3) is 0.464. The number of hydrogen-bond acceptors (Lipinski definition) is 5. The first-order chi connectivity index (χ1) is 18.0. The van der Waals surface area contributed by atoms with Crippen LogP contribution in [0.5, 0.6) is 0 Å². The van der Waals surface area contributed by atoms with E-state index >= 15 is 0 Å². The van der Waals surface area contributed by atoms with Crippen LogP contribution >= 0.6 is 11.6 Å². The van der Waals surface area contributed by atoms with Crippen LogP contribution < -0.4 is 9.80 Å². The number of rotatable bonds is 7. The summed E-state index contributed by atoms with van der Waals surface area (Å²) in [5, 5.41) is 14.4. The number of benzene rings is 2. The van der Waals surface area contributed by atoms with Gasteiger partial charge in [-0.2, -0.15) is 5.10 Å². The highest BCUT2D eigenvalue weighted by Crippen LogP contribution is 2.38. The number of nitrogens with zero attached hydrogens (tertiary/aromatic N) is 5. The number of hydrogen-bond donors (Lipinski definition) is 1. The number of aliphatic hydroxyl groups excluding tert-OH is 1. The van der Waals surface area contributed by atoms with Gasteiger partial charge in [-0.3, -0.25) is 4.68 Å². The van der Waals surface area contributed by atoms with E-state index in [1.165, 1.54) is 16.6 Å². The molecule has 5 rings (SSSR count). The molecule has 2 fully saturated rings. The van der Waals surface area contributed by atoms with E-state index < -0.39 is 13.0 Å². The van der Waals surface area contributed by atoms with E-state index in [2.05, 4.69) is 51.0 Å². The van der Waals surface area contributed by atoms with Crippen LogP contribution in [0.3, 0.4) is 0 Å². The Labute approximate surface area is 222 Å². The molecular weight excluding hydrogens is 496 g/mol. The third kappa shape index (κ3) is 5.47. The van der Waals surface area contributed by atoms with Crippen molar-refractivity contribution in [1.29, 1.82) is 0 Å². The van der Waals surface area contributed by atoms with E-state index in [1.807, 2.05) is 18.2 Å². The monoisotopic (exact) mass is 529 g/mol. The minimum absolute atomic E-state index is 0.184. The van der Waals surface area contributed by atoms with Crippen molar-refractivity contribution < 1.29 is 13.9 Å². The predicted octanol–water partition coefficient (Wildman–Crippen LogP) is 5.62. The van der Waals surface area contributed by atoms with E-state index in [-0.39, 0.29) is 17.3 Å². The lowest BCUT2D eigenvalue weighted by Gasteiger charge is -2.36. The van der Waals surface area contributed by atoms with Crippen molar-refractivity contribution in [1.82, 2.24) is 14.7 Å². The van der Waals surface area contributed by atoms with E-state index in [9.17, 15) is 13.9 Å². The number of aliphatic hydroxyl groups is 1. The Balaban J connectivity index is 1.39. The third-order valence-electron chi connectivity index (χ3n) is 7.70. The lowest BCUT2D eigenvalue weighted by atomic mass is 9.99. The Morgan fingerprint density at radius 3 is 2.46 bits per heavy atom. The zero-order valence-corrected chi connectivity index (χ0v) is 21.9. The molecule has 37 heavy (non-hydrogen) atoms. The second-order valence-electron chi connectivity index (χ2n) is 9.83. The largest absolute Gasteiger partial charge is 0.392 e. The molecule has 2 aromatic carbocycles. The molecule has 1 atom stereocenters. The number of halogens is 3. The molecule has 3 heterocycles. The highest BCUT2D eigenvalue weighted by atomic mass is 35.5. The molecule has 0 amide bonds. The van der Waals surface area contributed by atoms with Crippen molar-refractivity contribution in [2.24, 2.45) is 0 Å². The normalized spacial score (nSPS) is 19.1. The summed E-state index contributed by atoms with van der Waals surface area (Å²) in [6, 6.07) is 14.4. The number of piperidine rings is 1. The maximum atomic E-state index is 13.8. The Hall–Kier alpha value is -2.68. The Morgan fingerprint density at radius 2 is 1.78 bits per heavy atom. The van der Waals surface area contributed by atoms with Gasteiger partial charge in [0.1, 0.15) is 5.69 Å². The number of aromatic nitrogens is 2. The standard InChI is InChI=1S/C28H34ClF2N5O/c1-2-33-12-14-34(15-13-33)23-8-5-20(6-9-23)25-10-7-22(29)16-26(25)35-11-3-4-24(18-35)36-27(28(30)31)21(19-37)17-32-36/h5-10,16-17,24,28,37H,2-4,11-15,18-19H2,1H3. The van der Waals surface area contributed by atoms with Gasteiger partial charge in [-0.25, -0.2) is 8.78 Å². The van der Waals surface area contributed by atoms with Crippen molar-refractivity contribution in [3.05, 3.63) is 64.9 Å². The minimum Gasteiger partial charge on any atom is -0.392 e. The third-order valence-corrected chi connectivity index (χ3v) is 7.93. The quantitative estimate of drug-likeness (QED) is 0.430. The summed E-state index contributed by atoms with van der Waals surface area (Å²) in [5.74, 6) is 0. The first-order valence-electron chi connectivity index (χ1n) is 13.1. The number of alkyl halides is 2. The van der Waals surface area contributed by atoms with Crippen LogP contribution in [0, 0.1) is 0 Å². The fourth-order valence-electron chi connectivity index (χ4n) is 5.62. The maximum Gasteiger partial charge on any atom is 0.280 e. The van der Waals surface area contributed by atoms with E-state index in [0.717, 1.165) is 68.9 Å². The van der Waals surface area contributed by atoms with Crippen LogP contribution in [0.4, 0.5) is 20.2 Å². The lowest BCUT2D eigenvalue weighted by molar-refractivity contribution is 0.130. The number of piperazine rings is 1. The molecule has 2 saturated heterocycles. The summed E-state index contributed by atoms with van der Waals surface area (Å²) in [5.41, 5.74) is 4.39. The van der Waals surface area contributed by atoms with Gasteiger partial charge < -0.3 is 19.8 Å². The van der Waals surface area contributed by atoms with Crippen LogP contribution in [0.2, 0.25) is 5.02 Å². The molecule has 198 valence electrons. The molecule has 1 N–H and O–H groups in total. The molecule has 2 aliphatic heterocycles. The molecule has 1 unspecified atom stereocenters. The lowest BCUT2D eigenvalue weighted by Crippen LogP contribution is -2.46. The van der Waals surface area contributed by atoms with Crippen LogP contribution in [-0.4, -0.2) is 65.6 Å². The number of anilines is 2. The zero-order valence-electron chi connectivity index (χ0n) is 21.2. The van der Waals surface area contributed by atoms with Gasteiger partial charge in [-0.05, 0) is 49.2 Å². The van der Waals surface area contributed by atoms with Crippen LogP contribution in [0.1, 0.15) is 43.5 Å². The molecule has 0 bridgehead atoms. The average Bonchev–Trinajstić information content (AvgIpc) is 3.38. The van der Waals surface area contributed by atoms with Crippen molar-refractivity contribution in [2.45, 2.75) is 38.8 Å². The van der Waals surface area contributed by atoms with Crippen molar-refractivity contribution in [3.63, 3.8) is 0 Å². The first kappa shape index (κ1) is 25.9. The summed E-state index contributed by atoms with van der Waals surface area (Å²) >= 11 is 6.43. The summed E-state index contributed by atoms with van der Waals surface area (Å²) in [6.45, 7) is 8.42. The van der Waals surface area contributed by atoms with E-state index in [1.54, 1.807) is 0 Å². The van der Waals surface area contributed by atoms with Crippen LogP contribution in [-0.2, 0) is 6.61 Å². The second kappa shape index (κ2) is 11.4. The highest BCUT2D eigenvalue weighted by Gasteiger charge is 2.29. The SMILES string of the molecule is CCN1CCN(c2ccc(-c3ccc(Cl)cc3N3CCCC(n4ncc(CO)c4C(F)F)C3)cc2)CC1. The van der Waals surface area contributed by atoms with Gasteiger partial charge in [0.05, 0.1) is 18.8 Å². The second-order valence-corrected chi connectivity index (χ2v) is 10.3. The fourth-order valence-corrected chi connectivity index (χ4v) is 5.78. The zero-order chi connectivity index (χ0) is 25.9. The molecule has 0 aliphatic carbocycles. The molecule has 0 spiro atoms. The molecule has 2 aliphatic rings. The molecule has 3 aromatic rings. The first-order valence-corrected chi connectivity index (χ1v) is 13.4. The molecule has 1 aromatic heterocycles. The molecular formula is C28H34ClF2N5O. The smallest absolute Gasteiger partial charge is 0.280 e. The molecule has 6 nitrogen and oxygen atoms in total. The van der Waals surface area contributed by atoms with E-state index in [4.69, 9.17) is 11.6 Å². The highest BCUT2D eigenvalue weighted by molar-refractivity contribution is 6.31. The van der Waals surface area contributed by atoms with Gasteiger partial charge in [-0.15, -0.1) is 0 Å². The summed E-state index contributed by atoms with van der Waals surface area (Å²) in [7, 11) is 0. The maximum absolute atomic E-state index is 13.8. The van der Waals surface area contributed by atoms with Crippen molar-refractivity contribution >= 4 is 23.0 Å². The summed E-state index contributed by atoms with van der Waals surface area (Å²) in [4.78, 5) is 7.12. The summed E-state index contributed by atoms with van der Waals surface area (Å²) in [6.07, 6.45) is 0.259. The van der Waals surface area contributed by atoms with Gasteiger partial charge >= 0.3 is 0 Å². The predicted molar refractivity (Wildman–Crippen MR) is 145 cm³/mol. The van der Waals surface area contributed by atoms with Crippen LogP contribution in [0.25, 0.3) is 11.1 Å². The van der Waals surface area contributed by atoms with Crippen molar-refractivity contribution in [2.75, 3.05) is 55.6 Å². The Morgan fingerprint density at radius 1 is 1.03 bits per heavy atom. The molecule has 9 heteroatoms. The average molecular weight is 530 g/mol. The van der Waals surface area contributed by atoms with Gasteiger partial charge in [0.15, 0.2) is 0 Å². The number of likely N-dealkylation sites (N-methyl/N-ethyl adjacent to an activating group) is 1. The molecule has 0 saturated carbocycles.